The fourth-order valence-electron chi connectivity index (χ4n) is 5.44. The number of carbonyl (C=O) groups is 4. The number of nitrogens with one attached hydrogen (secondary N) is 1. The number of nitrogens with zero attached hydrogens (tertiary/aromatic N) is 2. The molecule has 45 heavy (non-hydrogen) atoms. The quantitative estimate of drug-likeness (QED) is 0.188. The second kappa shape index (κ2) is 12.4. The van der Waals surface area contributed by atoms with Crippen molar-refractivity contribution in [2.24, 2.45) is 5.92 Å². The number of rotatable bonds is 7. The smallest absolute Gasteiger partial charge is 0.338 e. The van der Waals surface area contributed by atoms with Crippen molar-refractivity contribution in [3.63, 3.8) is 0 Å². The van der Waals surface area contributed by atoms with E-state index < -0.39 is 51.5 Å². The van der Waals surface area contributed by atoms with Crippen molar-refractivity contribution in [3.05, 3.63) is 108 Å². The van der Waals surface area contributed by atoms with Gasteiger partial charge in [0, 0.05) is 16.5 Å². The van der Waals surface area contributed by atoms with Gasteiger partial charge in [-0.05, 0) is 67.1 Å². The van der Waals surface area contributed by atoms with Crippen LogP contribution in [0, 0.1) is 11.7 Å². The van der Waals surface area contributed by atoms with Crippen LogP contribution < -0.4 is 15.1 Å². The van der Waals surface area contributed by atoms with Crippen LogP contribution in [0.4, 0.5) is 15.8 Å². The number of halogens is 3. The van der Waals surface area contributed by atoms with Crippen molar-refractivity contribution >= 4 is 81.4 Å². The van der Waals surface area contributed by atoms with Crippen LogP contribution in [-0.4, -0.2) is 40.1 Å². The van der Waals surface area contributed by atoms with E-state index in [-0.39, 0.29) is 34.4 Å². The average molecular weight is 687 g/mol. The predicted octanol–water partition coefficient (Wildman–Crippen LogP) is 5.97. The number of benzene rings is 3. The van der Waals surface area contributed by atoms with Crippen LogP contribution in [0.25, 0.3) is 0 Å². The molecule has 0 bridgehead atoms. The Morgan fingerprint density at radius 3 is 2.38 bits per heavy atom. The van der Waals surface area contributed by atoms with Gasteiger partial charge < -0.3 is 10.1 Å². The van der Waals surface area contributed by atoms with Crippen LogP contribution >= 0.6 is 46.3 Å². The lowest BCUT2D eigenvalue weighted by Gasteiger charge is -2.31. The molecule has 0 aliphatic carbocycles. The number of thioether (sulfide) groups is 1. The highest BCUT2D eigenvalue weighted by atomic mass is 35.5. The van der Waals surface area contributed by atoms with Crippen molar-refractivity contribution in [3.8, 4) is 0 Å². The first-order valence-corrected chi connectivity index (χ1v) is 16.1. The second-order valence-corrected chi connectivity index (χ2v) is 13.1. The van der Waals surface area contributed by atoms with Crippen LogP contribution in [0.2, 0.25) is 10.0 Å². The molecule has 6 rings (SSSR count). The molecule has 1 N–H and O–H groups in total. The summed E-state index contributed by atoms with van der Waals surface area (Å²) in [6.07, 6.45) is 0. The van der Waals surface area contributed by atoms with Gasteiger partial charge in [-0.15, -0.1) is 0 Å². The highest BCUT2D eigenvalue weighted by Gasteiger charge is 2.57. The Bertz CT molecular complexity index is 1910. The molecule has 230 valence electrons. The molecule has 9 nitrogen and oxygen atoms in total. The van der Waals surface area contributed by atoms with E-state index in [4.69, 9.17) is 27.9 Å². The molecular weight excluding hydrogens is 664 g/mol. The van der Waals surface area contributed by atoms with E-state index in [1.54, 1.807) is 25.1 Å². The number of esters is 1. The highest BCUT2D eigenvalue weighted by molar-refractivity contribution is 8.00. The van der Waals surface area contributed by atoms with E-state index in [0.717, 1.165) is 28.0 Å². The highest BCUT2D eigenvalue weighted by Crippen LogP contribution is 2.55. The number of amides is 3. The van der Waals surface area contributed by atoms with Crippen LogP contribution in [0.3, 0.4) is 0 Å². The number of aromatic nitrogens is 1. The Morgan fingerprint density at radius 2 is 1.69 bits per heavy atom. The number of hydrogen-bond donors (Lipinski definition) is 1. The van der Waals surface area contributed by atoms with Gasteiger partial charge in [0.15, 0.2) is 0 Å². The molecule has 3 atom stereocenters. The Morgan fingerprint density at radius 1 is 0.978 bits per heavy atom. The fourth-order valence-corrected chi connectivity index (χ4v) is 8.63. The zero-order valence-electron chi connectivity index (χ0n) is 23.3. The van der Waals surface area contributed by atoms with Gasteiger partial charge in [-0.3, -0.25) is 23.7 Å². The maximum atomic E-state index is 14.1. The first-order valence-electron chi connectivity index (χ1n) is 13.6. The molecule has 0 spiro atoms. The number of carbonyl (C=O) groups excluding carboxylic acids is 4. The van der Waals surface area contributed by atoms with Crippen molar-refractivity contribution in [2.45, 2.75) is 29.7 Å². The van der Waals surface area contributed by atoms with Gasteiger partial charge in [0.25, 0.3) is 0 Å². The van der Waals surface area contributed by atoms with Gasteiger partial charge in [-0.2, -0.15) is 0 Å². The van der Waals surface area contributed by atoms with Crippen LogP contribution in [-0.2, 0) is 25.7 Å². The minimum absolute atomic E-state index is 0.180. The van der Waals surface area contributed by atoms with Crippen LogP contribution in [0.15, 0.2) is 76.6 Å². The second-order valence-electron chi connectivity index (χ2n) is 10.1. The number of ether oxygens (including phenoxy) is 1. The summed E-state index contributed by atoms with van der Waals surface area (Å²) in [6.45, 7) is 1.50. The molecule has 1 fully saturated rings. The van der Waals surface area contributed by atoms with Crippen molar-refractivity contribution in [1.29, 1.82) is 0 Å². The van der Waals surface area contributed by atoms with Gasteiger partial charge in [0.2, 0.25) is 17.7 Å². The molecule has 3 amide bonds. The van der Waals surface area contributed by atoms with E-state index in [0.29, 0.717) is 21.2 Å². The lowest BCUT2D eigenvalue weighted by Crippen LogP contribution is -2.33. The summed E-state index contributed by atoms with van der Waals surface area (Å²) in [4.78, 5) is 67.6. The Balaban J connectivity index is 1.39. The number of anilines is 2. The third-order valence-electron chi connectivity index (χ3n) is 7.43. The average Bonchev–Trinajstić information content (AvgIpc) is 3.46. The zero-order chi connectivity index (χ0) is 32.0. The Kier molecular flexibility index (Phi) is 8.57. The number of fused-ring (bicyclic) bond motifs is 2. The van der Waals surface area contributed by atoms with Crippen LogP contribution in [0.1, 0.15) is 33.6 Å². The Labute approximate surface area is 273 Å². The maximum Gasteiger partial charge on any atom is 0.338 e. The molecule has 1 saturated heterocycles. The molecule has 14 heteroatoms. The van der Waals surface area contributed by atoms with E-state index in [1.807, 2.05) is 0 Å². The molecule has 4 aromatic rings. The monoisotopic (exact) mass is 685 g/mol. The SMILES string of the molecule is CCOC(=O)c1ccc(N2C(=O)C3Sc4c(sc(=O)n4CC(=O)Nc4ccc(F)cc4)C(c4cccc(Cl)c4Cl)C3C2=O)cc1. The Hall–Kier alpha value is -3.97. The summed E-state index contributed by atoms with van der Waals surface area (Å²) in [5.41, 5.74) is 1.34. The first kappa shape index (κ1) is 31.0. The summed E-state index contributed by atoms with van der Waals surface area (Å²) in [5.74, 6) is -4.34. The number of thiazole rings is 1. The maximum absolute atomic E-state index is 14.1. The van der Waals surface area contributed by atoms with E-state index in [9.17, 15) is 28.4 Å². The summed E-state index contributed by atoms with van der Waals surface area (Å²) < 4.78 is 19.6. The minimum Gasteiger partial charge on any atom is -0.462 e. The topological polar surface area (TPSA) is 115 Å². The summed E-state index contributed by atoms with van der Waals surface area (Å²) in [6, 6.07) is 16.1. The molecule has 0 saturated carbocycles. The van der Waals surface area contributed by atoms with Crippen molar-refractivity contribution < 1.29 is 28.3 Å². The fraction of sp³-hybridized carbons (Fsp3) is 0.194. The molecule has 0 radical (unpaired) electrons. The molecule has 3 aromatic carbocycles. The lowest BCUT2D eigenvalue weighted by atomic mass is 9.83. The third-order valence-corrected chi connectivity index (χ3v) is 10.9. The summed E-state index contributed by atoms with van der Waals surface area (Å²) >= 11 is 14.9. The summed E-state index contributed by atoms with van der Waals surface area (Å²) in [5, 5.41) is 2.46. The normalized spacial score (nSPS) is 18.8. The largest absolute Gasteiger partial charge is 0.462 e. The van der Waals surface area contributed by atoms with Gasteiger partial charge in [0.1, 0.15) is 17.6 Å². The molecule has 1 aromatic heterocycles. The predicted molar refractivity (Wildman–Crippen MR) is 170 cm³/mol. The van der Waals surface area contributed by atoms with Gasteiger partial charge in [0.05, 0.1) is 38.8 Å². The number of imide groups is 1. The molecule has 3 unspecified atom stereocenters. The summed E-state index contributed by atoms with van der Waals surface area (Å²) in [7, 11) is 0. The molecule has 3 heterocycles. The standard InChI is InChI=1S/C31H22Cl2FN3O6S2/c1-2-43-30(41)15-6-12-18(13-7-15)37-27(39)23-22(19-4-3-5-20(32)24(19)33)26-29(44-25(23)28(37)40)36(31(42)45-26)14-21(38)35-17-10-8-16(34)9-11-17/h3-13,22-23,25H,2,14H2,1H3,(H,35,38). The third kappa shape index (κ3) is 5.67. The van der Waals surface area contributed by atoms with Gasteiger partial charge in [-0.25, -0.2) is 14.1 Å². The van der Waals surface area contributed by atoms with E-state index >= 15 is 0 Å². The zero-order valence-corrected chi connectivity index (χ0v) is 26.4. The molecular formula is C31H22Cl2FN3O6S2. The van der Waals surface area contributed by atoms with Crippen molar-refractivity contribution in [1.82, 2.24) is 4.57 Å². The van der Waals surface area contributed by atoms with E-state index in [1.165, 1.54) is 53.1 Å². The molecule has 2 aliphatic rings. The van der Waals surface area contributed by atoms with Crippen molar-refractivity contribution in [2.75, 3.05) is 16.8 Å². The minimum atomic E-state index is -0.963. The van der Waals surface area contributed by atoms with Gasteiger partial charge >= 0.3 is 10.8 Å². The lowest BCUT2D eigenvalue weighted by molar-refractivity contribution is -0.122. The van der Waals surface area contributed by atoms with Crippen LogP contribution in [0.5, 0.6) is 0 Å². The first-order chi connectivity index (χ1) is 21.6. The number of hydrogen-bond acceptors (Lipinski definition) is 8. The van der Waals surface area contributed by atoms with E-state index in [2.05, 4.69) is 5.32 Å². The molecule has 2 aliphatic heterocycles. The van der Waals surface area contributed by atoms with Gasteiger partial charge in [-0.1, -0.05) is 58.4 Å².